The molecule has 5 heteroatoms. The van der Waals surface area contributed by atoms with Crippen molar-refractivity contribution in [2.75, 3.05) is 13.1 Å². The smallest absolute Gasteiger partial charge is 0.167 e. The Labute approximate surface area is 119 Å². The summed E-state index contributed by atoms with van der Waals surface area (Å²) in [4.78, 5) is 9.32. The number of aliphatic imine (C=N–C) groups is 1. The van der Waals surface area contributed by atoms with Crippen molar-refractivity contribution in [2.45, 2.75) is 40.0 Å². The SMILES string of the molecule is Cc1cc(C)n2nc(C(C)(C)C)nc2c1C1=NCCN1. The first-order valence-corrected chi connectivity index (χ1v) is 7.04. The lowest BCUT2D eigenvalue weighted by molar-refractivity contribution is 0.544. The van der Waals surface area contributed by atoms with Crippen LogP contribution in [0, 0.1) is 13.8 Å². The van der Waals surface area contributed by atoms with Crippen LogP contribution < -0.4 is 5.32 Å². The van der Waals surface area contributed by atoms with Gasteiger partial charge in [0.2, 0.25) is 0 Å². The van der Waals surface area contributed by atoms with Crippen LogP contribution >= 0.6 is 0 Å². The molecule has 2 aromatic rings. The van der Waals surface area contributed by atoms with E-state index >= 15 is 0 Å². The van der Waals surface area contributed by atoms with Crippen LogP contribution in [0.3, 0.4) is 0 Å². The molecule has 0 aliphatic carbocycles. The molecule has 0 bridgehead atoms. The number of nitrogens with zero attached hydrogens (tertiary/aromatic N) is 4. The summed E-state index contributed by atoms with van der Waals surface area (Å²) in [7, 11) is 0. The van der Waals surface area contributed by atoms with Gasteiger partial charge in [0.15, 0.2) is 11.5 Å². The molecule has 5 nitrogen and oxygen atoms in total. The van der Waals surface area contributed by atoms with Crippen molar-refractivity contribution >= 4 is 11.5 Å². The van der Waals surface area contributed by atoms with E-state index in [1.165, 1.54) is 5.56 Å². The first kappa shape index (κ1) is 13.1. The Balaban J connectivity index is 2.31. The van der Waals surface area contributed by atoms with E-state index in [-0.39, 0.29) is 5.41 Å². The fraction of sp³-hybridized carbons (Fsp3) is 0.533. The van der Waals surface area contributed by atoms with Gasteiger partial charge in [-0.2, -0.15) is 5.10 Å². The van der Waals surface area contributed by atoms with Gasteiger partial charge < -0.3 is 5.32 Å². The summed E-state index contributed by atoms with van der Waals surface area (Å²) in [5.41, 5.74) is 4.21. The van der Waals surface area contributed by atoms with Crippen molar-refractivity contribution in [2.24, 2.45) is 4.99 Å². The summed E-state index contributed by atoms with van der Waals surface area (Å²) in [5.74, 6) is 1.81. The highest BCUT2D eigenvalue weighted by Crippen LogP contribution is 2.23. The molecule has 1 aliphatic rings. The Morgan fingerprint density at radius 2 is 2.00 bits per heavy atom. The number of aryl methyl sites for hydroxylation is 2. The molecule has 20 heavy (non-hydrogen) atoms. The van der Waals surface area contributed by atoms with Crippen LogP contribution in [0.1, 0.15) is 43.4 Å². The van der Waals surface area contributed by atoms with E-state index in [0.717, 1.165) is 41.7 Å². The number of fused-ring (bicyclic) bond motifs is 1. The first-order chi connectivity index (χ1) is 9.38. The Morgan fingerprint density at radius 1 is 1.25 bits per heavy atom. The van der Waals surface area contributed by atoms with Gasteiger partial charge in [-0.3, -0.25) is 4.99 Å². The van der Waals surface area contributed by atoms with Crippen molar-refractivity contribution in [1.82, 2.24) is 19.9 Å². The molecule has 0 atom stereocenters. The van der Waals surface area contributed by atoms with Gasteiger partial charge in [-0.25, -0.2) is 9.50 Å². The maximum Gasteiger partial charge on any atom is 0.167 e. The lowest BCUT2D eigenvalue weighted by Crippen LogP contribution is -2.22. The molecule has 106 valence electrons. The second-order valence-electron chi connectivity index (χ2n) is 6.42. The molecule has 0 fully saturated rings. The zero-order valence-corrected chi connectivity index (χ0v) is 12.8. The van der Waals surface area contributed by atoms with E-state index in [1.807, 2.05) is 4.52 Å². The van der Waals surface area contributed by atoms with Crippen LogP contribution in [0.2, 0.25) is 0 Å². The quantitative estimate of drug-likeness (QED) is 0.863. The topological polar surface area (TPSA) is 54.6 Å². The Kier molecular flexibility index (Phi) is 2.81. The highest BCUT2D eigenvalue weighted by atomic mass is 15.3. The summed E-state index contributed by atoms with van der Waals surface area (Å²) in [6.45, 7) is 12.3. The molecular weight excluding hydrogens is 250 g/mol. The van der Waals surface area contributed by atoms with Gasteiger partial charge in [0.1, 0.15) is 5.84 Å². The summed E-state index contributed by atoms with van der Waals surface area (Å²) >= 11 is 0. The molecule has 3 rings (SSSR count). The highest BCUT2D eigenvalue weighted by molar-refractivity contribution is 6.05. The summed E-state index contributed by atoms with van der Waals surface area (Å²) in [6, 6.07) is 2.14. The standard InChI is InChI=1S/C15H21N5/c1-9-8-10(2)20-13(11(9)12-16-6-7-17-12)18-14(19-20)15(3,4)5/h8H,6-7H2,1-5H3,(H,16,17). The average molecular weight is 271 g/mol. The molecule has 0 amide bonds. The van der Waals surface area contributed by atoms with E-state index in [9.17, 15) is 0 Å². The van der Waals surface area contributed by atoms with E-state index in [1.54, 1.807) is 0 Å². The largest absolute Gasteiger partial charge is 0.368 e. The Morgan fingerprint density at radius 3 is 2.60 bits per heavy atom. The lowest BCUT2D eigenvalue weighted by atomic mass is 9.96. The van der Waals surface area contributed by atoms with Crippen LogP contribution in [0.25, 0.3) is 5.65 Å². The Hall–Kier alpha value is -1.91. The molecule has 0 saturated carbocycles. The summed E-state index contributed by atoms with van der Waals surface area (Å²) in [5, 5.41) is 8.02. The monoisotopic (exact) mass is 271 g/mol. The number of hydrogen-bond donors (Lipinski definition) is 1. The number of rotatable bonds is 1. The minimum absolute atomic E-state index is 0.0610. The van der Waals surface area contributed by atoms with Gasteiger partial charge in [-0.05, 0) is 25.5 Å². The number of nitrogens with one attached hydrogen (secondary N) is 1. The molecule has 0 unspecified atom stereocenters. The van der Waals surface area contributed by atoms with Crippen molar-refractivity contribution in [1.29, 1.82) is 0 Å². The molecule has 0 aromatic carbocycles. The van der Waals surface area contributed by atoms with Gasteiger partial charge in [0.05, 0.1) is 12.1 Å². The minimum atomic E-state index is -0.0610. The van der Waals surface area contributed by atoms with Gasteiger partial charge in [0.25, 0.3) is 0 Å². The maximum atomic E-state index is 4.78. The molecule has 3 heterocycles. The number of pyridine rings is 1. The fourth-order valence-corrected chi connectivity index (χ4v) is 2.52. The van der Waals surface area contributed by atoms with Gasteiger partial charge in [0, 0.05) is 17.7 Å². The summed E-state index contributed by atoms with van der Waals surface area (Å²) in [6.07, 6.45) is 0. The summed E-state index contributed by atoms with van der Waals surface area (Å²) < 4.78 is 1.94. The molecule has 1 N–H and O–H groups in total. The van der Waals surface area contributed by atoms with Gasteiger partial charge in [-0.15, -0.1) is 0 Å². The van der Waals surface area contributed by atoms with Crippen LogP contribution in [0.15, 0.2) is 11.1 Å². The fourth-order valence-electron chi connectivity index (χ4n) is 2.52. The number of hydrogen-bond acceptors (Lipinski definition) is 4. The number of aromatic nitrogens is 3. The van der Waals surface area contributed by atoms with Crippen LogP contribution in [-0.4, -0.2) is 33.5 Å². The molecule has 2 aromatic heterocycles. The van der Waals surface area contributed by atoms with Gasteiger partial charge >= 0.3 is 0 Å². The molecule has 0 radical (unpaired) electrons. The normalized spacial score (nSPS) is 15.6. The predicted octanol–water partition coefficient (Wildman–Crippen LogP) is 1.99. The van der Waals surface area contributed by atoms with Crippen molar-refractivity contribution < 1.29 is 0 Å². The highest BCUT2D eigenvalue weighted by Gasteiger charge is 2.24. The zero-order chi connectivity index (χ0) is 14.5. The molecular formula is C15H21N5. The number of amidine groups is 1. The maximum absolute atomic E-state index is 4.78. The predicted molar refractivity (Wildman–Crippen MR) is 80.6 cm³/mol. The van der Waals surface area contributed by atoms with Crippen LogP contribution in [0.5, 0.6) is 0 Å². The Bertz CT molecular complexity index is 703. The van der Waals surface area contributed by atoms with Crippen molar-refractivity contribution in [3.05, 3.63) is 28.7 Å². The lowest BCUT2D eigenvalue weighted by Gasteiger charge is -2.11. The third-order valence-corrected chi connectivity index (χ3v) is 3.57. The average Bonchev–Trinajstić information content (AvgIpc) is 2.96. The van der Waals surface area contributed by atoms with Crippen molar-refractivity contribution in [3.63, 3.8) is 0 Å². The third kappa shape index (κ3) is 1.97. The minimum Gasteiger partial charge on any atom is -0.368 e. The van der Waals surface area contributed by atoms with Gasteiger partial charge in [-0.1, -0.05) is 20.8 Å². The molecule has 0 saturated heterocycles. The van der Waals surface area contributed by atoms with Crippen LogP contribution in [-0.2, 0) is 5.41 Å². The second kappa shape index (κ2) is 4.30. The van der Waals surface area contributed by atoms with E-state index < -0.39 is 0 Å². The van der Waals surface area contributed by atoms with E-state index in [4.69, 9.17) is 4.98 Å². The first-order valence-electron chi connectivity index (χ1n) is 7.04. The van der Waals surface area contributed by atoms with Crippen molar-refractivity contribution in [3.8, 4) is 0 Å². The third-order valence-electron chi connectivity index (χ3n) is 3.57. The van der Waals surface area contributed by atoms with Crippen LogP contribution in [0.4, 0.5) is 0 Å². The molecule has 1 aliphatic heterocycles. The van der Waals surface area contributed by atoms with E-state index in [2.05, 4.69) is 56.1 Å². The second-order valence-corrected chi connectivity index (χ2v) is 6.42. The molecule has 0 spiro atoms. The van der Waals surface area contributed by atoms with E-state index in [0.29, 0.717) is 0 Å². The zero-order valence-electron chi connectivity index (χ0n) is 12.8.